The zero-order valence-electron chi connectivity index (χ0n) is 41.9. The molecule has 4 aromatic carbocycles. The molecule has 0 aliphatic rings. The molecule has 0 aliphatic heterocycles. The van der Waals surface area contributed by atoms with Crippen molar-refractivity contribution in [1.29, 1.82) is 0 Å². The van der Waals surface area contributed by atoms with E-state index in [0.717, 1.165) is 67.5 Å². The highest BCUT2D eigenvalue weighted by molar-refractivity contribution is 7.43. The third-order valence-electron chi connectivity index (χ3n) is 10.6. The van der Waals surface area contributed by atoms with E-state index in [-0.39, 0.29) is 40.0 Å². The number of ether oxygens (including phenoxy) is 2. The molecule has 0 aliphatic carbocycles. The molecule has 0 aromatic heterocycles. The highest BCUT2D eigenvalue weighted by Crippen LogP contribution is 2.51. The summed E-state index contributed by atoms with van der Waals surface area (Å²) in [5, 5.41) is 0. The van der Waals surface area contributed by atoms with Crippen LogP contribution in [0.2, 0.25) is 0 Å². The van der Waals surface area contributed by atoms with Gasteiger partial charge in [0.25, 0.3) is 0 Å². The zero-order valence-corrected chi connectivity index (χ0v) is 43.7. The molecule has 63 heavy (non-hydrogen) atoms. The fourth-order valence-electron chi connectivity index (χ4n) is 6.98. The number of benzene rings is 4. The van der Waals surface area contributed by atoms with Gasteiger partial charge < -0.3 is 27.6 Å². The summed E-state index contributed by atoms with van der Waals surface area (Å²) < 4.78 is 52.8. The summed E-state index contributed by atoms with van der Waals surface area (Å²) >= 11 is 0. The van der Waals surface area contributed by atoms with Gasteiger partial charge in [0.1, 0.15) is 23.0 Å². The summed E-state index contributed by atoms with van der Waals surface area (Å²) in [7, 11) is -3.76. The number of para-hydroxylation sites is 4. The van der Waals surface area contributed by atoms with E-state index < -0.39 is 17.2 Å². The highest BCUT2D eigenvalue weighted by Gasteiger charge is 2.32. The Bertz CT molecular complexity index is 1960. The van der Waals surface area contributed by atoms with E-state index in [9.17, 15) is 0 Å². The Morgan fingerprint density at radius 1 is 0.381 bits per heavy atom. The average molecular weight is 905 g/mol. The second-order valence-corrected chi connectivity index (χ2v) is 23.2. The summed E-state index contributed by atoms with van der Waals surface area (Å²) in [5.74, 6) is 3.15. The van der Waals surface area contributed by atoms with Crippen LogP contribution in [0.1, 0.15) is 148 Å². The van der Waals surface area contributed by atoms with Crippen molar-refractivity contribution in [3.8, 4) is 23.0 Å². The van der Waals surface area contributed by atoms with Crippen molar-refractivity contribution in [3.63, 3.8) is 0 Å². The molecule has 0 fully saturated rings. The maximum Gasteiger partial charge on any atom is 0.463 e. The lowest BCUT2D eigenvalue weighted by Gasteiger charge is -2.30. The lowest BCUT2D eigenvalue weighted by Crippen LogP contribution is -2.25. The number of aryl methyl sites for hydroxylation is 4. The molecule has 0 heterocycles. The van der Waals surface area contributed by atoms with Crippen molar-refractivity contribution >= 4 is 17.2 Å². The summed E-state index contributed by atoms with van der Waals surface area (Å²) in [5.41, 5.74) is 7.88. The Kier molecular flexibility index (Phi) is 18.2. The summed E-state index contributed by atoms with van der Waals surface area (Å²) in [6.45, 7) is 41.5. The van der Waals surface area contributed by atoms with E-state index in [4.69, 9.17) is 36.6 Å². The second kappa shape index (κ2) is 21.8. The Morgan fingerprint density at radius 2 is 0.635 bits per heavy atom. The van der Waals surface area contributed by atoms with Crippen LogP contribution in [0.15, 0.2) is 72.8 Å². The van der Waals surface area contributed by atoms with Crippen molar-refractivity contribution in [3.05, 3.63) is 117 Å². The van der Waals surface area contributed by atoms with Crippen LogP contribution >= 0.6 is 17.2 Å². The maximum atomic E-state index is 6.77. The summed E-state index contributed by atoms with van der Waals surface area (Å²) in [6, 6.07) is 25.0. The molecule has 0 bridgehead atoms. The highest BCUT2D eigenvalue weighted by atomic mass is 31.2. The molecule has 3 atom stereocenters. The number of rotatable bonds is 19. The van der Waals surface area contributed by atoms with Crippen molar-refractivity contribution < 1.29 is 36.6 Å². The van der Waals surface area contributed by atoms with E-state index in [0.29, 0.717) is 19.8 Å². The SMILES string of the molecule is Cc1cccc(C(C)(C)C)c1OP(Oc1c(C)cccc1C(C)(C)C)OC(C)COCC(C)OCC(C)OP(Oc1c(C)cccc1C(C)(C)C)Oc1c(C)cccc1C(C)(C)C. The van der Waals surface area contributed by atoms with Gasteiger partial charge in [-0.15, -0.1) is 0 Å². The van der Waals surface area contributed by atoms with Crippen molar-refractivity contribution in [2.75, 3.05) is 19.8 Å². The Hall–Kier alpha value is -3.22. The lowest BCUT2D eigenvalue weighted by atomic mass is 9.85. The van der Waals surface area contributed by atoms with Gasteiger partial charge in [-0.2, -0.15) is 0 Å². The van der Waals surface area contributed by atoms with Crippen LogP contribution in [0, 0.1) is 27.7 Å². The van der Waals surface area contributed by atoms with Gasteiger partial charge in [-0.3, -0.25) is 9.05 Å². The van der Waals surface area contributed by atoms with Gasteiger partial charge in [0.15, 0.2) is 0 Å². The van der Waals surface area contributed by atoms with Gasteiger partial charge in [0, 0.05) is 22.3 Å². The molecule has 0 radical (unpaired) electrons. The third kappa shape index (κ3) is 15.2. The van der Waals surface area contributed by atoms with Crippen LogP contribution in [0.5, 0.6) is 23.0 Å². The van der Waals surface area contributed by atoms with E-state index in [2.05, 4.69) is 184 Å². The first-order chi connectivity index (χ1) is 29.2. The molecular formula is C53H78O8P2. The molecule has 348 valence electrons. The van der Waals surface area contributed by atoms with Crippen LogP contribution in [0.4, 0.5) is 0 Å². The van der Waals surface area contributed by atoms with Gasteiger partial charge in [0.05, 0.1) is 38.1 Å². The zero-order chi connectivity index (χ0) is 47.1. The van der Waals surface area contributed by atoms with Gasteiger partial charge in [-0.25, -0.2) is 0 Å². The monoisotopic (exact) mass is 905 g/mol. The van der Waals surface area contributed by atoms with Crippen LogP contribution in [-0.2, 0) is 40.2 Å². The minimum atomic E-state index is -1.88. The van der Waals surface area contributed by atoms with E-state index in [1.807, 2.05) is 20.8 Å². The Balaban J connectivity index is 1.45. The minimum absolute atomic E-state index is 0.148. The van der Waals surface area contributed by atoms with Crippen LogP contribution in [-0.4, -0.2) is 38.1 Å². The normalized spacial score (nSPS) is 14.2. The first kappa shape index (κ1) is 52.4. The quantitative estimate of drug-likeness (QED) is 0.0862. The second-order valence-electron chi connectivity index (χ2n) is 21.1. The third-order valence-corrected chi connectivity index (χ3v) is 13.0. The topological polar surface area (TPSA) is 73.8 Å². The van der Waals surface area contributed by atoms with Crippen molar-refractivity contribution in [1.82, 2.24) is 0 Å². The first-order valence-corrected chi connectivity index (χ1v) is 24.6. The Morgan fingerprint density at radius 3 is 0.905 bits per heavy atom. The predicted octanol–water partition coefficient (Wildman–Crippen LogP) is 15.4. The lowest BCUT2D eigenvalue weighted by molar-refractivity contribution is -0.0442. The molecule has 10 heteroatoms. The molecule has 3 unspecified atom stereocenters. The number of hydrogen-bond donors (Lipinski definition) is 0. The summed E-state index contributed by atoms with van der Waals surface area (Å²) in [6.07, 6.45) is -0.908. The fraction of sp³-hybridized carbons (Fsp3) is 0.547. The maximum absolute atomic E-state index is 6.77. The molecule has 4 aromatic rings. The summed E-state index contributed by atoms with van der Waals surface area (Å²) in [4.78, 5) is 0. The fourth-order valence-corrected chi connectivity index (χ4v) is 9.50. The predicted molar refractivity (Wildman–Crippen MR) is 263 cm³/mol. The molecule has 8 nitrogen and oxygen atoms in total. The van der Waals surface area contributed by atoms with Gasteiger partial charge >= 0.3 is 17.2 Å². The van der Waals surface area contributed by atoms with Crippen molar-refractivity contribution in [2.24, 2.45) is 0 Å². The van der Waals surface area contributed by atoms with Crippen molar-refractivity contribution in [2.45, 2.75) is 172 Å². The number of hydrogen-bond acceptors (Lipinski definition) is 8. The van der Waals surface area contributed by atoms with Crippen LogP contribution < -0.4 is 18.1 Å². The average Bonchev–Trinajstić information content (AvgIpc) is 3.15. The van der Waals surface area contributed by atoms with Crippen LogP contribution in [0.3, 0.4) is 0 Å². The van der Waals surface area contributed by atoms with E-state index in [1.54, 1.807) is 0 Å². The largest absolute Gasteiger partial charge is 0.463 e. The molecule has 0 amide bonds. The Labute approximate surface area is 384 Å². The van der Waals surface area contributed by atoms with E-state index >= 15 is 0 Å². The van der Waals surface area contributed by atoms with Gasteiger partial charge in [-0.05, 0) is 92.4 Å². The molecule has 0 N–H and O–H groups in total. The molecule has 0 spiro atoms. The molecule has 4 rings (SSSR count). The van der Waals surface area contributed by atoms with Gasteiger partial charge in [0.2, 0.25) is 0 Å². The standard InChI is InChI=1S/C53H78O8P2/c1-35-24-20-28-42(50(8,9)10)46(35)58-62(59-47-36(2)25-21-29-43(47)51(11,12)13)56-40(6)33-54-32-39(5)55-34-41(7)57-63(60-48-37(3)26-22-30-44(48)52(14,15)16)61-49-38(4)27-23-31-45(49)53(17,18)19/h20-31,39-41H,32-34H2,1-19H3. The first-order valence-electron chi connectivity index (χ1n) is 22.4. The van der Waals surface area contributed by atoms with Gasteiger partial charge in [-0.1, -0.05) is 156 Å². The molecule has 0 saturated carbocycles. The molecular weight excluding hydrogens is 827 g/mol. The minimum Gasteiger partial charge on any atom is -0.417 e. The van der Waals surface area contributed by atoms with E-state index in [1.165, 1.54) is 0 Å². The molecule has 0 saturated heterocycles. The smallest absolute Gasteiger partial charge is 0.417 e. The van der Waals surface area contributed by atoms with Crippen LogP contribution in [0.25, 0.3) is 0 Å².